The van der Waals surface area contributed by atoms with E-state index in [9.17, 15) is 4.79 Å². The second kappa shape index (κ2) is 55.5. The Hall–Kier alpha value is -0.530. The lowest BCUT2D eigenvalue weighted by atomic mass is 10.0. The van der Waals surface area contributed by atoms with Gasteiger partial charge in [0.15, 0.2) is 0 Å². The molecule has 0 radical (unpaired) electrons. The lowest BCUT2D eigenvalue weighted by molar-refractivity contribution is -0.143. The minimum Gasteiger partial charge on any atom is -0.466 e. The molecular weight excluding hydrogens is 717 g/mol. The molecule has 0 saturated carbocycles. The molecule has 2 nitrogen and oxygen atoms in total. The van der Waals surface area contributed by atoms with Gasteiger partial charge in [-0.2, -0.15) is 0 Å². The number of carbonyl (C=O) groups excluding carboxylic acids is 1. The molecule has 0 fully saturated rings. The number of carbonyl (C=O) groups is 1. The zero-order valence-electron chi connectivity index (χ0n) is 41.5. The highest BCUT2D eigenvalue weighted by Crippen LogP contribution is 2.18. The van der Waals surface area contributed by atoms with E-state index >= 15 is 0 Å². The molecule has 0 saturated heterocycles. The summed E-state index contributed by atoms with van der Waals surface area (Å²) in [5.41, 5.74) is 0. The maximum atomic E-state index is 12.1. The van der Waals surface area contributed by atoms with E-state index in [-0.39, 0.29) is 5.97 Å². The van der Waals surface area contributed by atoms with Gasteiger partial charge in [-0.3, -0.25) is 4.79 Å². The van der Waals surface area contributed by atoms with Crippen LogP contribution in [0.25, 0.3) is 0 Å². The monoisotopic (exact) mass is 831 g/mol. The summed E-state index contributed by atoms with van der Waals surface area (Å²) < 4.78 is 5.51. The van der Waals surface area contributed by atoms with Crippen LogP contribution in [0, 0.1) is 0 Å². The van der Waals surface area contributed by atoms with Crippen molar-refractivity contribution in [3.05, 3.63) is 0 Å². The average Bonchev–Trinajstić information content (AvgIpc) is 3.24. The van der Waals surface area contributed by atoms with Crippen LogP contribution in [0.15, 0.2) is 0 Å². The Labute approximate surface area is 374 Å². The van der Waals surface area contributed by atoms with Crippen LogP contribution in [-0.4, -0.2) is 12.6 Å². The molecule has 0 aliphatic carbocycles. The molecule has 0 aromatic heterocycles. The molecule has 0 bridgehead atoms. The van der Waals surface area contributed by atoms with Gasteiger partial charge >= 0.3 is 5.97 Å². The minimum absolute atomic E-state index is 0.0355. The number of ether oxygens (including phenoxy) is 1. The van der Waals surface area contributed by atoms with E-state index in [0.717, 1.165) is 12.8 Å². The fourth-order valence-electron chi connectivity index (χ4n) is 9.26. The highest BCUT2D eigenvalue weighted by molar-refractivity contribution is 5.69. The van der Waals surface area contributed by atoms with Gasteiger partial charge in [-0.05, 0) is 12.8 Å². The standard InChI is InChI=1S/C57H114O2/c1-3-5-7-9-11-13-15-17-19-21-23-25-26-27-28-29-30-31-32-33-34-35-36-37-39-41-43-45-47-49-51-53-55-57(58)59-56-54-52-50-48-46-44-42-40-38-24-22-20-18-16-14-12-10-8-6-4-2/h3-56H2,1-2H3. The molecule has 2 heteroatoms. The Kier molecular flexibility index (Phi) is 55.0. The fraction of sp³-hybridized carbons (Fsp3) is 0.982. The third kappa shape index (κ3) is 55.5. The number of rotatable bonds is 54. The van der Waals surface area contributed by atoms with Crippen molar-refractivity contribution in [2.75, 3.05) is 6.61 Å². The highest BCUT2D eigenvalue weighted by atomic mass is 16.5. The summed E-state index contributed by atoms with van der Waals surface area (Å²) in [6.07, 6.45) is 74.3. The predicted molar refractivity (Wildman–Crippen MR) is 267 cm³/mol. The van der Waals surface area contributed by atoms with Crippen LogP contribution in [0.1, 0.15) is 354 Å². The maximum Gasteiger partial charge on any atom is 0.305 e. The van der Waals surface area contributed by atoms with Crippen LogP contribution >= 0.6 is 0 Å². The Morgan fingerprint density at radius 1 is 0.220 bits per heavy atom. The summed E-state index contributed by atoms with van der Waals surface area (Å²) >= 11 is 0. The molecule has 0 amide bonds. The highest BCUT2D eigenvalue weighted by Gasteiger charge is 2.03. The van der Waals surface area contributed by atoms with Crippen molar-refractivity contribution >= 4 is 5.97 Å². The Morgan fingerprint density at radius 3 is 0.559 bits per heavy atom. The van der Waals surface area contributed by atoms with Crippen LogP contribution < -0.4 is 0 Å². The van der Waals surface area contributed by atoms with Crippen LogP contribution in [0.3, 0.4) is 0 Å². The van der Waals surface area contributed by atoms with Crippen molar-refractivity contribution in [2.45, 2.75) is 354 Å². The molecule has 0 rings (SSSR count). The molecule has 0 aliphatic rings. The van der Waals surface area contributed by atoms with Crippen LogP contribution in [0.2, 0.25) is 0 Å². The van der Waals surface area contributed by atoms with Gasteiger partial charge in [0.05, 0.1) is 6.61 Å². The van der Waals surface area contributed by atoms with Crippen molar-refractivity contribution < 1.29 is 9.53 Å². The molecular formula is C57H114O2. The van der Waals surface area contributed by atoms with Gasteiger partial charge in [-0.15, -0.1) is 0 Å². The molecule has 0 atom stereocenters. The van der Waals surface area contributed by atoms with Crippen molar-refractivity contribution in [3.8, 4) is 0 Å². The third-order valence-corrected chi connectivity index (χ3v) is 13.5. The number of unbranched alkanes of at least 4 members (excludes halogenated alkanes) is 50. The van der Waals surface area contributed by atoms with Gasteiger partial charge in [0, 0.05) is 6.42 Å². The van der Waals surface area contributed by atoms with Gasteiger partial charge in [0.25, 0.3) is 0 Å². The van der Waals surface area contributed by atoms with Gasteiger partial charge in [-0.1, -0.05) is 335 Å². The van der Waals surface area contributed by atoms with E-state index < -0.39 is 0 Å². The summed E-state index contributed by atoms with van der Waals surface area (Å²) in [4.78, 5) is 12.1. The largest absolute Gasteiger partial charge is 0.466 e. The third-order valence-electron chi connectivity index (χ3n) is 13.5. The normalized spacial score (nSPS) is 11.6. The summed E-state index contributed by atoms with van der Waals surface area (Å²) in [5.74, 6) is 0.0355. The van der Waals surface area contributed by atoms with Crippen LogP contribution in [-0.2, 0) is 9.53 Å². The van der Waals surface area contributed by atoms with E-state index in [4.69, 9.17) is 4.74 Å². The first-order valence-electron chi connectivity index (χ1n) is 28.5. The zero-order valence-corrected chi connectivity index (χ0v) is 41.5. The Morgan fingerprint density at radius 2 is 0.373 bits per heavy atom. The van der Waals surface area contributed by atoms with Gasteiger partial charge in [0.1, 0.15) is 0 Å². The zero-order chi connectivity index (χ0) is 42.5. The Balaban J connectivity index is 3.14. The van der Waals surface area contributed by atoms with Crippen molar-refractivity contribution in [3.63, 3.8) is 0 Å². The molecule has 354 valence electrons. The van der Waals surface area contributed by atoms with Gasteiger partial charge in [-0.25, -0.2) is 0 Å². The smallest absolute Gasteiger partial charge is 0.305 e. The van der Waals surface area contributed by atoms with E-state index in [0.29, 0.717) is 13.0 Å². The fourth-order valence-corrected chi connectivity index (χ4v) is 9.26. The topological polar surface area (TPSA) is 26.3 Å². The molecule has 0 spiro atoms. The SMILES string of the molecule is CCCCCCCCCCCCCCCCCCCCCCCCCCCCCCCCCCC(=O)OCCCCCCCCCCCCCCCCCCCCCC. The van der Waals surface area contributed by atoms with Crippen LogP contribution in [0.4, 0.5) is 0 Å². The molecule has 0 aromatic rings. The molecule has 0 heterocycles. The number of esters is 1. The second-order valence-electron chi connectivity index (χ2n) is 19.6. The second-order valence-corrected chi connectivity index (χ2v) is 19.6. The van der Waals surface area contributed by atoms with E-state index in [1.165, 1.54) is 321 Å². The Bertz CT molecular complexity index is 732. The summed E-state index contributed by atoms with van der Waals surface area (Å²) in [6, 6.07) is 0. The first-order valence-corrected chi connectivity index (χ1v) is 28.5. The average molecular weight is 832 g/mol. The van der Waals surface area contributed by atoms with Crippen molar-refractivity contribution in [1.82, 2.24) is 0 Å². The maximum absolute atomic E-state index is 12.1. The molecule has 59 heavy (non-hydrogen) atoms. The first-order chi connectivity index (χ1) is 29.3. The van der Waals surface area contributed by atoms with Gasteiger partial charge in [0.2, 0.25) is 0 Å². The molecule has 0 N–H and O–H groups in total. The summed E-state index contributed by atoms with van der Waals surface area (Å²) in [7, 11) is 0. The van der Waals surface area contributed by atoms with Crippen molar-refractivity contribution in [1.29, 1.82) is 0 Å². The van der Waals surface area contributed by atoms with Crippen molar-refractivity contribution in [2.24, 2.45) is 0 Å². The first kappa shape index (κ1) is 58.5. The molecule has 0 aliphatic heterocycles. The molecule has 0 unspecified atom stereocenters. The molecule has 0 aromatic carbocycles. The summed E-state index contributed by atoms with van der Waals surface area (Å²) in [5, 5.41) is 0. The minimum atomic E-state index is 0.0355. The van der Waals surface area contributed by atoms with E-state index in [1.807, 2.05) is 0 Å². The lowest BCUT2D eigenvalue weighted by Gasteiger charge is -2.06. The predicted octanol–water partition coefficient (Wildman–Crippen LogP) is 21.2. The number of hydrogen-bond acceptors (Lipinski definition) is 2. The summed E-state index contributed by atoms with van der Waals surface area (Å²) in [6.45, 7) is 5.25. The quantitative estimate of drug-likeness (QED) is 0.0451. The number of hydrogen-bond donors (Lipinski definition) is 0. The lowest BCUT2D eigenvalue weighted by Crippen LogP contribution is -2.05. The van der Waals surface area contributed by atoms with Crippen LogP contribution in [0.5, 0.6) is 0 Å². The van der Waals surface area contributed by atoms with E-state index in [2.05, 4.69) is 13.8 Å². The van der Waals surface area contributed by atoms with E-state index in [1.54, 1.807) is 0 Å². The van der Waals surface area contributed by atoms with Gasteiger partial charge < -0.3 is 4.74 Å².